The van der Waals surface area contributed by atoms with Gasteiger partial charge >= 0.3 is 0 Å². The van der Waals surface area contributed by atoms with Crippen LogP contribution in [0.3, 0.4) is 0 Å². The maximum atomic E-state index is 14.5. The van der Waals surface area contributed by atoms with Crippen LogP contribution in [0.5, 0.6) is 0 Å². The van der Waals surface area contributed by atoms with Crippen molar-refractivity contribution in [3.63, 3.8) is 0 Å². The summed E-state index contributed by atoms with van der Waals surface area (Å²) in [6, 6.07) is 11.1. The molecule has 0 fully saturated rings. The molecule has 0 spiro atoms. The highest BCUT2D eigenvalue weighted by molar-refractivity contribution is 6.35. The van der Waals surface area contributed by atoms with E-state index in [1.165, 1.54) is 12.1 Å². The molecule has 0 aliphatic carbocycles. The molecule has 0 unspecified atom stereocenters. The number of carbonyl (C=O) groups is 1. The second-order valence-electron chi connectivity index (χ2n) is 4.54. The van der Waals surface area contributed by atoms with Crippen molar-refractivity contribution >= 4 is 17.4 Å². The fraction of sp³-hybridized carbons (Fsp3) is 0.188. The molecule has 2 rings (SSSR count). The number of benzene rings is 2. The maximum Gasteiger partial charge on any atom is 0.197 e. The van der Waals surface area contributed by atoms with Gasteiger partial charge in [-0.05, 0) is 12.5 Å². The zero-order valence-electron chi connectivity index (χ0n) is 11.1. The van der Waals surface area contributed by atoms with Crippen LogP contribution in [0, 0.1) is 5.82 Å². The monoisotopic (exact) mass is 297 g/mol. The summed E-state index contributed by atoms with van der Waals surface area (Å²) in [5.41, 5.74) is 6.46. The molecule has 2 nitrogen and oxygen atoms in total. The second-order valence-corrected chi connectivity index (χ2v) is 4.94. The van der Waals surface area contributed by atoms with E-state index in [1.54, 1.807) is 30.3 Å². The molecule has 0 aromatic heterocycles. The summed E-state index contributed by atoms with van der Waals surface area (Å²) in [5.74, 6) is -1.06. The third-order valence-electron chi connectivity index (χ3n) is 3.22. The predicted molar refractivity (Wildman–Crippen MR) is 84.8 cm³/mol. The first-order chi connectivity index (χ1) is 9.56. The maximum absolute atomic E-state index is 14.5. The van der Waals surface area contributed by atoms with Crippen LogP contribution in [0.1, 0.15) is 45.2 Å². The van der Waals surface area contributed by atoms with Crippen LogP contribution >= 0.6 is 11.6 Å². The lowest BCUT2D eigenvalue weighted by molar-refractivity contribution is 0.103. The van der Waals surface area contributed by atoms with Gasteiger partial charge in [0.15, 0.2) is 5.78 Å². The minimum Gasteiger partial charge on any atom is -0.324 e. The van der Waals surface area contributed by atoms with E-state index in [9.17, 15) is 9.18 Å². The molecule has 2 aromatic carbocycles. The highest BCUT2D eigenvalue weighted by Crippen LogP contribution is 2.28. The largest absolute Gasteiger partial charge is 0.324 e. The Morgan fingerprint density at radius 3 is 2.55 bits per heavy atom. The SMILES string of the molecule is CC[C@@H](N)c1ccc(Cl)c(C(=O)c2ccccc2)c1F.[HH].[HH].[HH]. The molecule has 20 heavy (non-hydrogen) atoms. The van der Waals surface area contributed by atoms with Crippen LogP contribution in [-0.4, -0.2) is 5.78 Å². The van der Waals surface area contributed by atoms with Gasteiger partial charge in [-0.15, -0.1) is 0 Å². The Morgan fingerprint density at radius 2 is 1.95 bits per heavy atom. The molecule has 0 amide bonds. The molecule has 0 heterocycles. The molecular weight excluding hydrogens is 277 g/mol. The van der Waals surface area contributed by atoms with E-state index in [-0.39, 0.29) is 14.9 Å². The molecule has 4 heteroatoms. The quantitative estimate of drug-likeness (QED) is 0.819. The highest BCUT2D eigenvalue weighted by atomic mass is 35.5. The van der Waals surface area contributed by atoms with E-state index in [0.717, 1.165) is 0 Å². The van der Waals surface area contributed by atoms with Crippen molar-refractivity contribution in [1.29, 1.82) is 0 Å². The van der Waals surface area contributed by atoms with Gasteiger partial charge in [-0.2, -0.15) is 0 Å². The molecule has 0 saturated carbocycles. The minimum absolute atomic E-state index is 0. The van der Waals surface area contributed by atoms with Crippen LogP contribution in [0.25, 0.3) is 0 Å². The van der Waals surface area contributed by atoms with Crippen molar-refractivity contribution in [1.82, 2.24) is 0 Å². The van der Waals surface area contributed by atoms with Crippen LogP contribution in [0.2, 0.25) is 5.02 Å². The average Bonchev–Trinajstić information content (AvgIpc) is 2.47. The lowest BCUT2D eigenvalue weighted by Crippen LogP contribution is -2.14. The molecule has 0 saturated heterocycles. The Balaban J connectivity index is 0. The lowest BCUT2D eigenvalue weighted by atomic mass is 9.97. The number of hydrogen-bond donors (Lipinski definition) is 1. The van der Waals surface area contributed by atoms with Crippen molar-refractivity contribution in [3.8, 4) is 0 Å². The Hall–Kier alpha value is -1.71. The number of nitrogens with two attached hydrogens (primary N) is 1. The number of hydrogen-bond acceptors (Lipinski definition) is 2. The standard InChI is InChI=1S/C16H15ClFNO.3H2/c1-2-13(19)11-8-9-12(17)14(15(11)18)16(20)10-6-4-3-5-7-10;;;/h3-9,13H,2,19H2,1H3;3*1H/t13-;;;/m1.../s1. The average molecular weight is 298 g/mol. The van der Waals surface area contributed by atoms with E-state index < -0.39 is 17.6 Å². The molecule has 2 N–H and O–H groups in total. The zero-order valence-corrected chi connectivity index (χ0v) is 11.8. The van der Waals surface area contributed by atoms with Gasteiger partial charge in [0, 0.05) is 21.4 Å². The van der Waals surface area contributed by atoms with Gasteiger partial charge in [-0.1, -0.05) is 54.9 Å². The molecule has 1 atom stereocenters. The van der Waals surface area contributed by atoms with Gasteiger partial charge in [0.25, 0.3) is 0 Å². The first-order valence-electron chi connectivity index (χ1n) is 6.39. The minimum atomic E-state index is -0.624. The van der Waals surface area contributed by atoms with Gasteiger partial charge in [-0.3, -0.25) is 4.79 Å². The van der Waals surface area contributed by atoms with E-state index in [1.807, 2.05) is 6.92 Å². The van der Waals surface area contributed by atoms with Gasteiger partial charge in [-0.25, -0.2) is 4.39 Å². The van der Waals surface area contributed by atoms with Crippen molar-refractivity contribution in [2.45, 2.75) is 19.4 Å². The van der Waals surface area contributed by atoms with Crippen LogP contribution in [-0.2, 0) is 0 Å². The topological polar surface area (TPSA) is 43.1 Å². The van der Waals surface area contributed by atoms with E-state index in [0.29, 0.717) is 17.5 Å². The number of halogens is 2. The van der Waals surface area contributed by atoms with E-state index >= 15 is 0 Å². The fourth-order valence-electron chi connectivity index (χ4n) is 2.02. The van der Waals surface area contributed by atoms with Gasteiger partial charge < -0.3 is 5.73 Å². The van der Waals surface area contributed by atoms with Crippen LogP contribution in [0.4, 0.5) is 4.39 Å². The van der Waals surface area contributed by atoms with Crippen molar-refractivity contribution in [2.24, 2.45) is 5.73 Å². The Kier molecular flexibility index (Phi) is 4.53. The lowest BCUT2D eigenvalue weighted by Gasteiger charge is -2.14. The number of ketones is 1. The van der Waals surface area contributed by atoms with Crippen LogP contribution in [0.15, 0.2) is 42.5 Å². The Bertz CT molecular complexity index is 641. The van der Waals surface area contributed by atoms with Crippen molar-refractivity contribution in [2.75, 3.05) is 0 Å². The summed E-state index contributed by atoms with van der Waals surface area (Å²) in [5, 5.41) is 0.100. The first kappa shape index (κ1) is 14.7. The highest BCUT2D eigenvalue weighted by Gasteiger charge is 2.22. The smallest absolute Gasteiger partial charge is 0.197 e. The van der Waals surface area contributed by atoms with Crippen LogP contribution < -0.4 is 5.73 Å². The molecule has 0 radical (unpaired) electrons. The molecule has 0 aliphatic heterocycles. The summed E-state index contributed by atoms with van der Waals surface area (Å²) in [7, 11) is 0. The molecule has 2 aromatic rings. The third-order valence-corrected chi connectivity index (χ3v) is 3.54. The summed E-state index contributed by atoms with van der Waals surface area (Å²) < 4.78 is 14.5. The van der Waals surface area contributed by atoms with Gasteiger partial charge in [0.2, 0.25) is 0 Å². The molecular formula is C16H21ClFNO. The predicted octanol–water partition coefficient (Wildman–Crippen LogP) is 4.86. The summed E-state index contributed by atoms with van der Waals surface area (Å²) >= 11 is 5.99. The number of rotatable bonds is 4. The van der Waals surface area contributed by atoms with E-state index in [4.69, 9.17) is 17.3 Å². The summed E-state index contributed by atoms with van der Waals surface area (Å²) in [6.45, 7) is 1.86. The molecule has 110 valence electrons. The van der Waals surface area contributed by atoms with Gasteiger partial charge in [0.05, 0.1) is 10.6 Å². The number of carbonyl (C=O) groups excluding carboxylic acids is 1. The normalized spacial score (nSPS) is 12.2. The Labute approximate surface area is 126 Å². The Morgan fingerprint density at radius 1 is 1.30 bits per heavy atom. The third kappa shape index (κ3) is 2.74. The van der Waals surface area contributed by atoms with E-state index in [2.05, 4.69) is 0 Å². The van der Waals surface area contributed by atoms with Crippen molar-refractivity contribution < 1.29 is 13.5 Å². The van der Waals surface area contributed by atoms with Crippen molar-refractivity contribution in [3.05, 3.63) is 70.0 Å². The molecule has 0 aliphatic rings. The summed E-state index contributed by atoms with van der Waals surface area (Å²) in [4.78, 5) is 12.4. The second kappa shape index (κ2) is 6.16. The zero-order chi connectivity index (χ0) is 14.7. The molecule has 0 bridgehead atoms. The summed E-state index contributed by atoms with van der Waals surface area (Å²) in [6.07, 6.45) is 0.581. The first-order valence-corrected chi connectivity index (χ1v) is 6.77. The van der Waals surface area contributed by atoms with Gasteiger partial charge in [0.1, 0.15) is 5.82 Å². The fourth-order valence-corrected chi connectivity index (χ4v) is 2.25.